The number of fused-ring (bicyclic) bond motifs is 2. The zero-order valence-electron chi connectivity index (χ0n) is 17.7. The zero-order valence-corrected chi connectivity index (χ0v) is 18.4. The number of anilines is 2. The normalized spacial score (nSPS) is 23.3. The quantitative estimate of drug-likeness (QED) is 0.604. The first-order valence-corrected chi connectivity index (χ1v) is 11.1. The molecule has 5 rings (SSSR count). The van der Waals surface area contributed by atoms with E-state index in [-0.39, 0.29) is 41.3 Å². The summed E-state index contributed by atoms with van der Waals surface area (Å²) in [4.78, 5) is 26.8. The Hall–Kier alpha value is -3.02. The topological polar surface area (TPSA) is 102 Å². The number of nitrogens with zero attached hydrogens (tertiary/aromatic N) is 3. The van der Waals surface area contributed by atoms with Crippen molar-refractivity contribution in [1.82, 2.24) is 14.7 Å². The Kier molecular flexibility index (Phi) is 5.19. The lowest BCUT2D eigenvalue weighted by atomic mass is 9.83. The Morgan fingerprint density at radius 3 is 2.76 bits per heavy atom. The highest BCUT2D eigenvalue weighted by atomic mass is 35.5. The van der Waals surface area contributed by atoms with Crippen LogP contribution in [-0.2, 0) is 10.3 Å². The second kappa shape index (κ2) is 7.76. The molecular weight excluding hydrogens is 482 g/mol. The van der Waals surface area contributed by atoms with Gasteiger partial charge in [0.15, 0.2) is 17.5 Å². The number of carbonyl (C=O) groups is 2. The van der Waals surface area contributed by atoms with Gasteiger partial charge in [-0.2, -0.15) is 18.3 Å². The Labute approximate surface area is 196 Å². The van der Waals surface area contributed by atoms with Crippen LogP contribution in [0.5, 0.6) is 0 Å². The second-order valence-corrected chi connectivity index (χ2v) is 9.24. The molecule has 2 amide bonds. The fourth-order valence-electron chi connectivity index (χ4n) is 4.89. The fourth-order valence-corrected chi connectivity index (χ4v) is 5.05. The van der Waals surface area contributed by atoms with Crippen LogP contribution in [0.15, 0.2) is 18.3 Å². The number of hydrogen-bond donors (Lipinski definition) is 2. The van der Waals surface area contributed by atoms with Crippen molar-refractivity contribution in [3.05, 3.63) is 40.3 Å². The molecule has 1 aromatic heterocycles. The average Bonchev–Trinajstić information content (AvgIpc) is 3.52. The summed E-state index contributed by atoms with van der Waals surface area (Å²) in [5.41, 5.74) is 4.46. The van der Waals surface area contributed by atoms with Gasteiger partial charge in [0.05, 0.1) is 29.0 Å². The number of piperidine rings is 1. The van der Waals surface area contributed by atoms with Gasteiger partial charge >= 0.3 is 12.3 Å². The predicted octanol–water partition coefficient (Wildman–Crippen LogP) is 4.46. The Balaban J connectivity index is 1.47. The van der Waals surface area contributed by atoms with Gasteiger partial charge in [-0.3, -0.25) is 10.1 Å². The van der Waals surface area contributed by atoms with Crippen LogP contribution in [0.2, 0.25) is 5.02 Å². The van der Waals surface area contributed by atoms with E-state index in [0.29, 0.717) is 23.9 Å². The highest BCUT2D eigenvalue weighted by molar-refractivity contribution is 6.31. The molecule has 1 aliphatic carbocycles. The molecule has 0 radical (unpaired) electrons. The SMILES string of the molecule is Nc1c(C(=O)N2CCC[C@@]3(C2)OC(=O)Nc2ccc(Cl)c(F)c23)cnn1C(C1CC1)C(F)(F)F. The molecule has 182 valence electrons. The number of nitrogens with two attached hydrogens (primary N) is 1. The minimum atomic E-state index is -4.57. The van der Waals surface area contributed by atoms with Crippen LogP contribution in [0, 0.1) is 11.7 Å². The van der Waals surface area contributed by atoms with Crippen LogP contribution < -0.4 is 11.1 Å². The number of benzene rings is 1. The maximum Gasteiger partial charge on any atom is 0.412 e. The van der Waals surface area contributed by atoms with E-state index in [1.54, 1.807) is 0 Å². The van der Waals surface area contributed by atoms with Crippen LogP contribution in [-0.4, -0.2) is 45.9 Å². The van der Waals surface area contributed by atoms with E-state index in [1.807, 2.05) is 0 Å². The highest BCUT2D eigenvalue weighted by Crippen LogP contribution is 2.49. The van der Waals surface area contributed by atoms with Crippen LogP contribution in [0.25, 0.3) is 0 Å². The van der Waals surface area contributed by atoms with E-state index < -0.39 is 47.4 Å². The van der Waals surface area contributed by atoms with Gasteiger partial charge < -0.3 is 15.4 Å². The summed E-state index contributed by atoms with van der Waals surface area (Å²) in [6.07, 6.45) is -3.01. The van der Waals surface area contributed by atoms with Gasteiger partial charge in [-0.25, -0.2) is 13.9 Å². The Morgan fingerprint density at radius 2 is 2.09 bits per heavy atom. The first kappa shape index (κ1) is 22.8. The summed E-state index contributed by atoms with van der Waals surface area (Å²) >= 11 is 5.96. The molecule has 2 fully saturated rings. The van der Waals surface area contributed by atoms with Crippen LogP contribution in [0.1, 0.15) is 47.6 Å². The summed E-state index contributed by atoms with van der Waals surface area (Å²) in [5.74, 6) is -2.49. The number of ether oxygens (including phenoxy) is 1. The molecule has 1 unspecified atom stereocenters. The number of halogens is 5. The van der Waals surface area contributed by atoms with E-state index in [1.165, 1.54) is 17.0 Å². The summed E-state index contributed by atoms with van der Waals surface area (Å²) in [6, 6.07) is 0.837. The third-order valence-electron chi connectivity index (χ3n) is 6.55. The molecule has 2 atom stereocenters. The van der Waals surface area contributed by atoms with Crippen molar-refractivity contribution in [3.8, 4) is 0 Å². The molecule has 3 N–H and O–H groups in total. The molecule has 1 saturated carbocycles. The van der Waals surface area contributed by atoms with Gasteiger partial charge in [0.2, 0.25) is 0 Å². The van der Waals surface area contributed by atoms with Gasteiger partial charge in [-0.05, 0) is 43.7 Å². The summed E-state index contributed by atoms with van der Waals surface area (Å²) in [5, 5.41) is 6.04. The van der Waals surface area contributed by atoms with Gasteiger partial charge in [-0.15, -0.1) is 0 Å². The monoisotopic (exact) mass is 501 g/mol. The minimum absolute atomic E-state index is 0.0200. The van der Waals surface area contributed by atoms with Crippen molar-refractivity contribution in [2.75, 3.05) is 24.1 Å². The number of likely N-dealkylation sites (tertiary alicyclic amines) is 1. The van der Waals surface area contributed by atoms with E-state index in [2.05, 4.69) is 10.4 Å². The Morgan fingerprint density at radius 1 is 1.35 bits per heavy atom. The minimum Gasteiger partial charge on any atom is -0.436 e. The predicted molar refractivity (Wildman–Crippen MR) is 113 cm³/mol. The van der Waals surface area contributed by atoms with Gasteiger partial charge in [0.25, 0.3) is 5.91 Å². The largest absolute Gasteiger partial charge is 0.436 e. The van der Waals surface area contributed by atoms with Crippen LogP contribution >= 0.6 is 11.6 Å². The van der Waals surface area contributed by atoms with Crippen molar-refractivity contribution in [2.24, 2.45) is 5.92 Å². The van der Waals surface area contributed by atoms with E-state index >= 15 is 4.39 Å². The number of nitrogen functional groups attached to an aromatic ring is 1. The van der Waals surface area contributed by atoms with Crippen molar-refractivity contribution in [1.29, 1.82) is 0 Å². The highest BCUT2D eigenvalue weighted by Gasteiger charge is 2.52. The number of carbonyl (C=O) groups excluding carboxylic acids is 2. The molecule has 3 aliphatic rings. The first-order valence-electron chi connectivity index (χ1n) is 10.7. The van der Waals surface area contributed by atoms with Gasteiger partial charge in [0, 0.05) is 6.54 Å². The van der Waals surface area contributed by atoms with Gasteiger partial charge in [0.1, 0.15) is 11.4 Å². The number of alkyl halides is 3. The van der Waals surface area contributed by atoms with E-state index in [0.717, 1.165) is 6.20 Å². The number of amides is 2. The third-order valence-corrected chi connectivity index (χ3v) is 6.84. The van der Waals surface area contributed by atoms with E-state index in [9.17, 15) is 22.8 Å². The lowest BCUT2D eigenvalue weighted by molar-refractivity contribution is -0.175. The number of rotatable bonds is 3. The third kappa shape index (κ3) is 3.64. The van der Waals surface area contributed by atoms with Crippen molar-refractivity contribution >= 4 is 35.1 Å². The number of nitrogens with one attached hydrogen (secondary N) is 1. The fraction of sp³-hybridized carbons (Fsp3) is 0.476. The summed E-state index contributed by atoms with van der Waals surface area (Å²) in [7, 11) is 0. The first-order chi connectivity index (χ1) is 16.0. The molecule has 8 nitrogen and oxygen atoms in total. The Bertz CT molecular complexity index is 1180. The smallest absolute Gasteiger partial charge is 0.412 e. The van der Waals surface area contributed by atoms with Crippen molar-refractivity contribution in [3.63, 3.8) is 0 Å². The summed E-state index contributed by atoms with van der Waals surface area (Å²) in [6.45, 7) is -0.0154. The standard InChI is InChI=1S/C21H20ClF4N5O3/c22-12-4-5-13-14(15(12)23)20(34-19(33)29-13)6-1-7-30(9-20)18(32)11-8-28-31(17(11)27)16(10-2-3-10)21(24,25)26/h4-5,8,10,16H,1-3,6-7,9,27H2,(H,29,33)/t16?,20-/m0/s1. The van der Waals surface area contributed by atoms with E-state index in [4.69, 9.17) is 22.1 Å². The second-order valence-electron chi connectivity index (χ2n) is 8.83. The molecule has 3 heterocycles. The number of aromatic nitrogens is 2. The van der Waals surface area contributed by atoms with Crippen LogP contribution in [0.3, 0.4) is 0 Å². The summed E-state index contributed by atoms with van der Waals surface area (Å²) < 4.78 is 62.0. The number of hydrogen-bond acceptors (Lipinski definition) is 5. The van der Waals surface area contributed by atoms with Crippen LogP contribution in [0.4, 0.5) is 33.9 Å². The maximum absolute atomic E-state index is 15.0. The lowest BCUT2D eigenvalue weighted by Gasteiger charge is -2.45. The molecule has 1 spiro atoms. The van der Waals surface area contributed by atoms with Crippen molar-refractivity contribution < 1.29 is 31.9 Å². The molecule has 13 heteroatoms. The van der Waals surface area contributed by atoms with Gasteiger partial charge in [-0.1, -0.05) is 11.6 Å². The zero-order chi connectivity index (χ0) is 24.4. The molecular formula is C21H20ClF4N5O3. The molecule has 1 aromatic carbocycles. The maximum atomic E-state index is 15.0. The molecule has 0 bridgehead atoms. The molecule has 34 heavy (non-hydrogen) atoms. The molecule has 2 aromatic rings. The lowest BCUT2D eigenvalue weighted by Crippen LogP contribution is -2.53. The van der Waals surface area contributed by atoms with Crippen molar-refractivity contribution in [2.45, 2.75) is 43.5 Å². The molecule has 1 saturated heterocycles. The molecule has 2 aliphatic heterocycles. The average molecular weight is 502 g/mol.